The van der Waals surface area contributed by atoms with Crippen LogP contribution in [0.25, 0.3) is 0 Å². The van der Waals surface area contributed by atoms with Crippen LogP contribution in [0.5, 0.6) is 0 Å². The zero-order valence-corrected chi connectivity index (χ0v) is 10.8. The van der Waals surface area contributed by atoms with Crippen molar-refractivity contribution in [3.63, 3.8) is 0 Å². The second-order valence-corrected chi connectivity index (χ2v) is 5.33. The van der Waals surface area contributed by atoms with Gasteiger partial charge in [0, 0.05) is 25.2 Å². The van der Waals surface area contributed by atoms with Gasteiger partial charge in [-0.1, -0.05) is 13.8 Å². The molecule has 1 aromatic rings. The smallest absolute Gasteiger partial charge is 0.220 e. The first-order chi connectivity index (χ1) is 8.15. The van der Waals surface area contributed by atoms with E-state index in [-0.39, 0.29) is 0 Å². The van der Waals surface area contributed by atoms with E-state index in [9.17, 15) is 0 Å². The minimum absolute atomic E-state index is 0.392. The van der Waals surface area contributed by atoms with Gasteiger partial charge >= 0.3 is 0 Å². The summed E-state index contributed by atoms with van der Waals surface area (Å²) < 4.78 is 0. The topological polar surface area (TPSA) is 55.0 Å². The lowest BCUT2D eigenvalue weighted by atomic mass is 9.94. The highest BCUT2D eigenvalue weighted by molar-refractivity contribution is 5.20. The highest BCUT2D eigenvalue weighted by Gasteiger charge is 2.22. The number of aromatic nitrogens is 2. The maximum Gasteiger partial charge on any atom is 0.220 e. The Morgan fingerprint density at radius 2 is 2.35 bits per heavy atom. The summed E-state index contributed by atoms with van der Waals surface area (Å²) in [5.41, 5.74) is 6.75. The van der Waals surface area contributed by atoms with Gasteiger partial charge in [-0.05, 0) is 31.4 Å². The van der Waals surface area contributed by atoms with E-state index in [0.717, 1.165) is 18.2 Å². The zero-order chi connectivity index (χ0) is 12.3. The van der Waals surface area contributed by atoms with Crippen LogP contribution in [0.15, 0.2) is 12.3 Å². The number of nitrogen functional groups attached to an aromatic ring is 1. The molecule has 2 heterocycles. The van der Waals surface area contributed by atoms with Gasteiger partial charge in [-0.15, -0.1) is 0 Å². The number of anilines is 1. The van der Waals surface area contributed by atoms with E-state index in [2.05, 4.69) is 28.7 Å². The van der Waals surface area contributed by atoms with Crippen LogP contribution in [0.3, 0.4) is 0 Å². The van der Waals surface area contributed by atoms with Crippen molar-refractivity contribution in [3.8, 4) is 0 Å². The molecule has 4 heteroatoms. The number of rotatable bonds is 3. The van der Waals surface area contributed by atoms with Gasteiger partial charge in [-0.2, -0.15) is 0 Å². The summed E-state index contributed by atoms with van der Waals surface area (Å²) in [6.07, 6.45) is 4.23. The fourth-order valence-electron chi connectivity index (χ4n) is 2.59. The molecule has 1 unspecified atom stereocenters. The van der Waals surface area contributed by atoms with E-state index in [0.29, 0.717) is 11.9 Å². The van der Waals surface area contributed by atoms with Crippen molar-refractivity contribution in [2.75, 3.05) is 25.4 Å². The van der Waals surface area contributed by atoms with E-state index in [1.54, 1.807) is 6.20 Å². The summed E-state index contributed by atoms with van der Waals surface area (Å²) >= 11 is 0. The van der Waals surface area contributed by atoms with Crippen LogP contribution in [-0.2, 0) is 0 Å². The van der Waals surface area contributed by atoms with Gasteiger partial charge in [0.1, 0.15) is 0 Å². The minimum Gasteiger partial charge on any atom is -0.368 e. The standard InChI is InChI=1S/C13H22N4/c1-10(2)8-17-7-3-4-11(9-17)12-5-6-15-13(14)16-12/h5-6,10-11H,3-4,7-9H2,1-2H3,(H2,14,15,16). The lowest BCUT2D eigenvalue weighted by Crippen LogP contribution is -2.37. The summed E-state index contributed by atoms with van der Waals surface area (Å²) in [5.74, 6) is 1.64. The SMILES string of the molecule is CC(C)CN1CCCC(c2ccnc(N)n2)C1. The maximum absolute atomic E-state index is 5.64. The molecule has 1 atom stereocenters. The van der Waals surface area contributed by atoms with Crippen molar-refractivity contribution in [2.24, 2.45) is 5.92 Å². The first-order valence-electron chi connectivity index (χ1n) is 6.46. The van der Waals surface area contributed by atoms with E-state index in [1.807, 2.05) is 6.07 Å². The number of nitrogens with two attached hydrogens (primary N) is 1. The fourth-order valence-corrected chi connectivity index (χ4v) is 2.59. The van der Waals surface area contributed by atoms with E-state index in [1.165, 1.54) is 25.9 Å². The molecule has 0 saturated carbocycles. The fraction of sp³-hybridized carbons (Fsp3) is 0.692. The summed E-state index contributed by atoms with van der Waals surface area (Å²) in [6.45, 7) is 8.04. The molecule has 94 valence electrons. The first kappa shape index (κ1) is 12.3. The van der Waals surface area contributed by atoms with Gasteiger partial charge in [-0.25, -0.2) is 9.97 Å². The van der Waals surface area contributed by atoms with Crippen molar-refractivity contribution in [1.29, 1.82) is 0 Å². The summed E-state index contributed by atoms with van der Waals surface area (Å²) in [6, 6.07) is 2.00. The predicted molar refractivity (Wildman–Crippen MR) is 69.7 cm³/mol. The minimum atomic E-state index is 0.392. The predicted octanol–water partition coefficient (Wildman–Crippen LogP) is 1.89. The molecular formula is C13H22N4. The van der Waals surface area contributed by atoms with Gasteiger partial charge in [0.05, 0.1) is 5.69 Å². The lowest BCUT2D eigenvalue weighted by molar-refractivity contribution is 0.186. The Kier molecular flexibility index (Phi) is 3.94. The molecule has 2 rings (SSSR count). The largest absolute Gasteiger partial charge is 0.368 e. The third-order valence-corrected chi connectivity index (χ3v) is 3.24. The quantitative estimate of drug-likeness (QED) is 0.867. The van der Waals surface area contributed by atoms with Gasteiger partial charge in [0.25, 0.3) is 0 Å². The Morgan fingerprint density at radius 3 is 3.06 bits per heavy atom. The van der Waals surface area contributed by atoms with Crippen LogP contribution in [0.2, 0.25) is 0 Å². The maximum atomic E-state index is 5.64. The molecule has 0 aliphatic carbocycles. The molecule has 0 amide bonds. The van der Waals surface area contributed by atoms with Crippen LogP contribution >= 0.6 is 0 Å². The van der Waals surface area contributed by atoms with Crippen molar-refractivity contribution >= 4 is 5.95 Å². The van der Waals surface area contributed by atoms with Crippen molar-refractivity contribution in [1.82, 2.24) is 14.9 Å². The van der Waals surface area contributed by atoms with E-state index in [4.69, 9.17) is 5.73 Å². The molecule has 1 aliphatic rings. The molecular weight excluding hydrogens is 212 g/mol. The van der Waals surface area contributed by atoms with Crippen LogP contribution in [0, 0.1) is 5.92 Å². The van der Waals surface area contributed by atoms with Gasteiger partial charge < -0.3 is 10.6 Å². The van der Waals surface area contributed by atoms with E-state index >= 15 is 0 Å². The van der Waals surface area contributed by atoms with Gasteiger partial charge in [-0.3, -0.25) is 0 Å². The van der Waals surface area contributed by atoms with Crippen molar-refractivity contribution in [3.05, 3.63) is 18.0 Å². The number of piperidine rings is 1. The number of likely N-dealkylation sites (tertiary alicyclic amines) is 1. The monoisotopic (exact) mass is 234 g/mol. The molecule has 4 nitrogen and oxygen atoms in total. The third-order valence-electron chi connectivity index (χ3n) is 3.24. The Morgan fingerprint density at radius 1 is 1.53 bits per heavy atom. The molecule has 17 heavy (non-hydrogen) atoms. The number of hydrogen-bond acceptors (Lipinski definition) is 4. The Balaban J connectivity index is 2.02. The van der Waals surface area contributed by atoms with Gasteiger partial charge in [0.2, 0.25) is 5.95 Å². The van der Waals surface area contributed by atoms with Crippen molar-refractivity contribution < 1.29 is 0 Å². The Bertz CT molecular complexity index is 364. The average molecular weight is 234 g/mol. The molecule has 1 aromatic heterocycles. The Labute approximate surface area is 103 Å². The average Bonchev–Trinajstić information content (AvgIpc) is 2.28. The summed E-state index contributed by atoms with van der Waals surface area (Å²) in [7, 11) is 0. The number of nitrogens with zero attached hydrogens (tertiary/aromatic N) is 3. The highest BCUT2D eigenvalue weighted by atomic mass is 15.1. The molecule has 0 bridgehead atoms. The first-order valence-corrected chi connectivity index (χ1v) is 6.46. The molecule has 1 aliphatic heterocycles. The van der Waals surface area contributed by atoms with Crippen LogP contribution < -0.4 is 5.73 Å². The lowest BCUT2D eigenvalue weighted by Gasteiger charge is -2.33. The Hall–Kier alpha value is -1.16. The number of hydrogen-bond donors (Lipinski definition) is 1. The zero-order valence-electron chi connectivity index (χ0n) is 10.8. The third kappa shape index (κ3) is 3.40. The molecule has 2 N–H and O–H groups in total. The van der Waals surface area contributed by atoms with Crippen LogP contribution in [0.1, 0.15) is 38.3 Å². The van der Waals surface area contributed by atoms with Crippen LogP contribution in [0.4, 0.5) is 5.95 Å². The molecule has 1 saturated heterocycles. The molecule has 0 aromatic carbocycles. The second-order valence-electron chi connectivity index (χ2n) is 5.33. The molecule has 0 spiro atoms. The van der Waals surface area contributed by atoms with E-state index < -0.39 is 0 Å². The molecule has 0 radical (unpaired) electrons. The summed E-state index contributed by atoms with van der Waals surface area (Å²) in [5, 5.41) is 0. The highest BCUT2D eigenvalue weighted by Crippen LogP contribution is 2.25. The van der Waals surface area contributed by atoms with Crippen molar-refractivity contribution in [2.45, 2.75) is 32.6 Å². The summed E-state index contributed by atoms with van der Waals surface area (Å²) in [4.78, 5) is 10.8. The normalized spacial score (nSPS) is 21.9. The van der Waals surface area contributed by atoms with Gasteiger partial charge in [0.15, 0.2) is 0 Å². The second kappa shape index (κ2) is 5.45. The molecule has 1 fully saturated rings. The van der Waals surface area contributed by atoms with Crippen LogP contribution in [-0.4, -0.2) is 34.5 Å².